The molecule has 3 atom stereocenters. The fraction of sp³-hybridized carbons (Fsp3) is 0.733. The molecule has 0 aromatic carbocycles. The minimum absolute atomic E-state index is 0.261. The largest absolute Gasteiger partial charge is 0.376 e. The van der Waals surface area contributed by atoms with Gasteiger partial charge in [0.1, 0.15) is 0 Å². The van der Waals surface area contributed by atoms with E-state index in [1.165, 1.54) is 43.4 Å². The van der Waals surface area contributed by atoms with E-state index in [9.17, 15) is 0 Å². The quantitative estimate of drug-likeness (QED) is 0.871. The van der Waals surface area contributed by atoms with Gasteiger partial charge in [-0.05, 0) is 56.1 Å². The molecule has 2 aliphatic carbocycles. The van der Waals surface area contributed by atoms with Gasteiger partial charge in [-0.3, -0.25) is 0 Å². The summed E-state index contributed by atoms with van der Waals surface area (Å²) in [5, 5.41) is 0. The van der Waals surface area contributed by atoms with E-state index in [1.54, 1.807) is 0 Å². The summed E-state index contributed by atoms with van der Waals surface area (Å²) in [7, 11) is 0. The van der Waals surface area contributed by atoms with Gasteiger partial charge in [0.2, 0.25) is 0 Å². The highest BCUT2D eigenvalue weighted by Gasteiger charge is 2.42. The fourth-order valence-electron chi connectivity index (χ4n) is 3.84. The molecule has 0 amide bonds. The Bertz CT molecular complexity index is 449. The van der Waals surface area contributed by atoms with Gasteiger partial charge >= 0.3 is 0 Å². The van der Waals surface area contributed by atoms with Crippen molar-refractivity contribution in [3.8, 4) is 0 Å². The summed E-state index contributed by atoms with van der Waals surface area (Å²) in [4.78, 5) is 0. The van der Waals surface area contributed by atoms with Crippen molar-refractivity contribution in [2.75, 3.05) is 6.61 Å². The van der Waals surface area contributed by atoms with E-state index in [2.05, 4.69) is 16.8 Å². The highest BCUT2D eigenvalue weighted by atomic mass is 16.5. The zero-order chi connectivity index (χ0) is 12.1. The third kappa shape index (κ3) is 1.64. The van der Waals surface area contributed by atoms with Crippen molar-refractivity contribution in [2.45, 2.75) is 56.7 Å². The van der Waals surface area contributed by atoms with Crippen LogP contribution in [-0.4, -0.2) is 17.3 Å². The Morgan fingerprint density at radius 3 is 2.94 bits per heavy atom. The molecule has 2 heterocycles. The molecule has 0 radical (unpaired) electrons. The molecule has 1 aromatic heterocycles. The van der Waals surface area contributed by atoms with Crippen LogP contribution in [-0.2, 0) is 11.2 Å². The van der Waals surface area contributed by atoms with Crippen LogP contribution in [0.15, 0.2) is 12.3 Å². The van der Waals surface area contributed by atoms with Crippen LogP contribution in [0.25, 0.3) is 0 Å². The Morgan fingerprint density at radius 2 is 2.11 bits per heavy atom. The second kappa shape index (κ2) is 4.10. The molecule has 3 nitrogen and oxygen atoms in total. The van der Waals surface area contributed by atoms with Crippen molar-refractivity contribution in [1.29, 1.82) is 0 Å². The normalized spacial score (nSPS) is 35.7. The molecule has 3 aliphatic rings. The SMILES string of the molecule is NC1CCCc2c1ccn2C1CCOC1C1CC1. The molecule has 2 fully saturated rings. The molecule has 0 spiro atoms. The van der Waals surface area contributed by atoms with Crippen LogP contribution < -0.4 is 5.73 Å². The van der Waals surface area contributed by atoms with E-state index in [1.807, 2.05) is 0 Å². The summed E-state index contributed by atoms with van der Waals surface area (Å²) in [6.07, 6.45) is 10.2. The second-order valence-electron chi connectivity index (χ2n) is 6.15. The molecule has 1 aromatic rings. The molecule has 3 heteroatoms. The standard InChI is InChI=1S/C15H22N2O/c16-12-2-1-3-13-11(12)6-8-17(13)14-7-9-18-15(14)10-4-5-10/h6,8,10,12,14-15H,1-5,7,9,16H2. The van der Waals surface area contributed by atoms with Crippen LogP contribution in [0.4, 0.5) is 0 Å². The second-order valence-corrected chi connectivity index (χ2v) is 6.15. The van der Waals surface area contributed by atoms with Crippen molar-refractivity contribution in [3.63, 3.8) is 0 Å². The zero-order valence-electron chi connectivity index (χ0n) is 10.8. The Morgan fingerprint density at radius 1 is 1.22 bits per heavy atom. The van der Waals surface area contributed by atoms with E-state index in [0.29, 0.717) is 12.1 Å². The maximum Gasteiger partial charge on any atom is 0.0810 e. The molecule has 1 saturated carbocycles. The number of hydrogen-bond donors (Lipinski definition) is 1. The van der Waals surface area contributed by atoms with Crippen LogP contribution in [0, 0.1) is 5.92 Å². The average Bonchev–Trinajstić information content (AvgIpc) is 2.95. The van der Waals surface area contributed by atoms with Crippen LogP contribution in [0.2, 0.25) is 0 Å². The Kier molecular flexibility index (Phi) is 2.52. The molecule has 1 aliphatic heterocycles. The van der Waals surface area contributed by atoms with E-state index < -0.39 is 0 Å². The predicted molar refractivity (Wildman–Crippen MR) is 70.4 cm³/mol. The Hall–Kier alpha value is -0.800. The summed E-state index contributed by atoms with van der Waals surface area (Å²) in [6.45, 7) is 0.935. The Balaban J connectivity index is 1.68. The van der Waals surface area contributed by atoms with Crippen molar-refractivity contribution in [2.24, 2.45) is 11.7 Å². The number of aromatic nitrogens is 1. The maximum atomic E-state index is 6.22. The number of nitrogens with two attached hydrogens (primary N) is 1. The van der Waals surface area contributed by atoms with Crippen molar-refractivity contribution in [3.05, 3.63) is 23.5 Å². The van der Waals surface area contributed by atoms with Gasteiger partial charge in [-0.25, -0.2) is 0 Å². The van der Waals surface area contributed by atoms with Crippen LogP contribution >= 0.6 is 0 Å². The summed E-state index contributed by atoms with van der Waals surface area (Å²) in [5.74, 6) is 0.827. The molecule has 2 N–H and O–H groups in total. The van der Waals surface area contributed by atoms with Gasteiger partial charge in [0.15, 0.2) is 0 Å². The highest BCUT2D eigenvalue weighted by molar-refractivity contribution is 5.29. The first-order valence-electron chi connectivity index (χ1n) is 7.41. The highest BCUT2D eigenvalue weighted by Crippen LogP contribution is 2.44. The topological polar surface area (TPSA) is 40.2 Å². The molecule has 0 bridgehead atoms. The van der Waals surface area contributed by atoms with Crippen LogP contribution in [0.3, 0.4) is 0 Å². The fourth-order valence-corrected chi connectivity index (χ4v) is 3.84. The predicted octanol–water partition coefficient (Wildman–Crippen LogP) is 2.56. The lowest BCUT2D eigenvalue weighted by molar-refractivity contribution is 0.0745. The first-order chi connectivity index (χ1) is 8.84. The smallest absolute Gasteiger partial charge is 0.0810 e. The molecular weight excluding hydrogens is 224 g/mol. The van der Waals surface area contributed by atoms with E-state index in [-0.39, 0.29) is 6.04 Å². The third-order valence-electron chi connectivity index (χ3n) is 4.93. The summed E-state index contributed by atoms with van der Waals surface area (Å²) < 4.78 is 8.48. The van der Waals surface area contributed by atoms with Gasteiger partial charge in [-0.15, -0.1) is 0 Å². The van der Waals surface area contributed by atoms with Gasteiger partial charge in [0.05, 0.1) is 12.1 Å². The van der Waals surface area contributed by atoms with Crippen molar-refractivity contribution < 1.29 is 4.74 Å². The first kappa shape index (κ1) is 11.1. The van der Waals surface area contributed by atoms with Crippen LogP contribution in [0.1, 0.15) is 55.4 Å². The average molecular weight is 246 g/mol. The summed E-state index contributed by atoms with van der Waals surface area (Å²) in [6, 6.07) is 3.09. The van der Waals surface area contributed by atoms with E-state index in [0.717, 1.165) is 18.9 Å². The minimum Gasteiger partial charge on any atom is -0.376 e. The summed E-state index contributed by atoms with van der Waals surface area (Å²) in [5.41, 5.74) is 9.11. The molecule has 4 rings (SSSR count). The number of rotatable bonds is 2. The van der Waals surface area contributed by atoms with Gasteiger partial charge in [0, 0.05) is 24.5 Å². The number of hydrogen-bond acceptors (Lipinski definition) is 2. The first-order valence-corrected chi connectivity index (χ1v) is 7.41. The zero-order valence-corrected chi connectivity index (χ0v) is 10.8. The minimum atomic E-state index is 0.261. The van der Waals surface area contributed by atoms with Gasteiger partial charge in [-0.1, -0.05) is 0 Å². The molecule has 3 unspecified atom stereocenters. The van der Waals surface area contributed by atoms with E-state index in [4.69, 9.17) is 10.5 Å². The molecule has 1 saturated heterocycles. The van der Waals surface area contributed by atoms with Gasteiger partial charge in [-0.2, -0.15) is 0 Å². The van der Waals surface area contributed by atoms with Crippen molar-refractivity contribution in [1.82, 2.24) is 4.57 Å². The molecule has 18 heavy (non-hydrogen) atoms. The Labute approximate surface area is 108 Å². The van der Waals surface area contributed by atoms with Gasteiger partial charge in [0.25, 0.3) is 0 Å². The lowest BCUT2D eigenvalue weighted by Crippen LogP contribution is -2.25. The summed E-state index contributed by atoms with van der Waals surface area (Å²) >= 11 is 0. The van der Waals surface area contributed by atoms with Crippen LogP contribution in [0.5, 0.6) is 0 Å². The molecule has 98 valence electrons. The lowest BCUT2D eigenvalue weighted by atomic mass is 9.93. The third-order valence-corrected chi connectivity index (χ3v) is 4.93. The number of nitrogens with zero attached hydrogens (tertiary/aromatic N) is 1. The van der Waals surface area contributed by atoms with E-state index >= 15 is 0 Å². The van der Waals surface area contributed by atoms with Gasteiger partial charge < -0.3 is 15.0 Å². The maximum absolute atomic E-state index is 6.22. The van der Waals surface area contributed by atoms with Crippen molar-refractivity contribution >= 4 is 0 Å². The monoisotopic (exact) mass is 246 g/mol. The number of fused-ring (bicyclic) bond motifs is 1. The molecular formula is C15H22N2O. The number of ether oxygens (including phenoxy) is 1. The lowest BCUT2D eigenvalue weighted by Gasteiger charge is -2.26.